The van der Waals surface area contributed by atoms with Crippen LogP contribution in [0.25, 0.3) is 0 Å². The Hall–Kier alpha value is -2.54. The van der Waals surface area contributed by atoms with E-state index in [1.165, 1.54) is 0 Å². The third-order valence-corrected chi connectivity index (χ3v) is 5.06. The molecule has 0 bridgehead atoms. The Labute approximate surface area is 143 Å². The summed E-state index contributed by atoms with van der Waals surface area (Å²) >= 11 is 1.60. The van der Waals surface area contributed by atoms with Gasteiger partial charge in [0.25, 0.3) is 0 Å². The molecular weight excluding hydrogens is 328 g/mol. The molecule has 1 aromatic carbocycles. The van der Waals surface area contributed by atoms with Crippen LogP contribution >= 0.6 is 11.3 Å². The second kappa shape index (κ2) is 6.16. The third-order valence-electron chi connectivity index (χ3n) is 4.18. The van der Waals surface area contributed by atoms with Crippen LogP contribution in [0.3, 0.4) is 0 Å². The average Bonchev–Trinajstić information content (AvgIpc) is 3.32. The maximum Gasteiger partial charge on any atom is 0.231 e. The minimum absolute atomic E-state index is 0.0508. The van der Waals surface area contributed by atoms with Crippen molar-refractivity contribution in [2.45, 2.75) is 13.0 Å². The second-order valence-corrected chi connectivity index (χ2v) is 6.77. The number of ether oxygens (including phenoxy) is 2. The van der Waals surface area contributed by atoms with Gasteiger partial charge in [0.2, 0.25) is 18.6 Å². The predicted molar refractivity (Wildman–Crippen MR) is 89.2 cm³/mol. The Morgan fingerprint density at radius 1 is 1.29 bits per heavy atom. The maximum atomic E-state index is 12.3. The first-order valence-electron chi connectivity index (χ1n) is 7.71. The molecule has 4 rings (SSSR count). The van der Waals surface area contributed by atoms with Gasteiger partial charge >= 0.3 is 0 Å². The summed E-state index contributed by atoms with van der Waals surface area (Å²) in [5.41, 5.74) is 0.734. The van der Waals surface area contributed by atoms with E-state index in [0.717, 1.165) is 10.6 Å². The lowest BCUT2D eigenvalue weighted by atomic mass is 10.1. The number of amides is 2. The molecule has 1 aromatic heterocycles. The number of fused-ring (bicyclic) bond motifs is 1. The molecule has 2 aromatic rings. The second-order valence-electron chi connectivity index (χ2n) is 5.74. The van der Waals surface area contributed by atoms with Crippen molar-refractivity contribution in [2.24, 2.45) is 5.92 Å². The quantitative estimate of drug-likeness (QED) is 0.923. The first-order valence-corrected chi connectivity index (χ1v) is 8.59. The Morgan fingerprint density at radius 3 is 3.00 bits per heavy atom. The summed E-state index contributed by atoms with van der Waals surface area (Å²) < 4.78 is 10.6. The lowest BCUT2D eigenvalue weighted by molar-refractivity contribution is -0.126. The van der Waals surface area contributed by atoms with Gasteiger partial charge in [-0.15, -0.1) is 11.3 Å². The predicted octanol–water partition coefficient (Wildman–Crippen LogP) is 2.15. The number of anilines is 1. The number of benzene rings is 1. The fourth-order valence-electron chi connectivity index (χ4n) is 2.92. The van der Waals surface area contributed by atoms with E-state index in [-0.39, 0.29) is 30.9 Å². The van der Waals surface area contributed by atoms with Crippen molar-refractivity contribution in [3.8, 4) is 11.5 Å². The standard InChI is InChI=1S/C17H16N2O4S/c20-16-6-11(17(21)18-8-13-2-1-5-24-13)9-19(16)12-3-4-14-15(7-12)23-10-22-14/h1-5,7,11H,6,8-10H2,(H,18,21)/t11-/m0/s1. The lowest BCUT2D eigenvalue weighted by Gasteiger charge is -2.17. The van der Waals surface area contributed by atoms with E-state index < -0.39 is 0 Å². The van der Waals surface area contributed by atoms with Gasteiger partial charge in [-0.3, -0.25) is 9.59 Å². The summed E-state index contributed by atoms with van der Waals surface area (Å²) in [6, 6.07) is 9.31. The normalized spacial score (nSPS) is 18.9. The Morgan fingerprint density at radius 2 is 2.17 bits per heavy atom. The monoisotopic (exact) mass is 344 g/mol. The molecule has 2 aliphatic heterocycles. The van der Waals surface area contributed by atoms with E-state index in [1.54, 1.807) is 28.4 Å². The summed E-state index contributed by atoms with van der Waals surface area (Å²) in [4.78, 5) is 27.4. The summed E-state index contributed by atoms with van der Waals surface area (Å²) in [6.07, 6.45) is 0.227. The van der Waals surface area contributed by atoms with Crippen LogP contribution in [0.1, 0.15) is 11.3 Å². The first-order chi connectivity index (χ1) is 11.7. The maximum absolute atomic E-state index is 12.3. The molecule has 2 amide bonds. The van der Waals surface area contributed by atoms with Crippen molar-refractivity contribution >= 4 is 28.8 Å². The number of nitrogens with zero attached hydrogens (tertiary/aromatic N) is 1. The zero-order chi connectivity index (χ0) is 16.5. The molecular formula is C17H16N2O4S. The Balaban J connectivity index is 1.42. The molecule has 6 nitrogen and oxygen atoms in total. The van der Waals surface area contributed by atoms with Crippen molar-refractivity contribution in [3.63, 3.8) is 0 Å². The van der Waals surface area contributed by atoms with Gasteiger partial charge in [-0.2, -0.15) is 0 Å². The van der Waals surface area contributed by atoms with E-state index in [4.69, 9.17) is 9.47 Å². The molecule has 24 heavy (non-hydrogen) atoms. The molecule has 1 fully saturated rings. The fourth-order valence-corrected chi connectivity index (χ4v) is 3.56. The van der Waals surface area contributed by atoms with Gasteiger partial charge in [0.05, 0.1) is 12.5 Å². The van der Waals surface area contributed by atoms with Crippen molar-refractivity contribution < 1.29 is 19.1 Å². The van der Waals surface area contributed by atoms with Crippen LogP contribution in [0, 0.1) is 5.92 Å². The van der Waals surface area contributed by atoms with Crippen LogP contribution in [0.15, 0.2) is 35.7 Å². The molecule has 0 spiro atoms. The number of carbonyl (C=O) groups excluding carboxylic acids is 2. The van der Waals surface area contributed by atoms with Gasteiger partial charge in [-0.05, 0) is 23.6 Å². The number of thiophene rings is 1. The van der Waals surface area contributed by atoms with Crippen molar-refractivity contribution in [1.82, 2.24) is 5.32 Å². The minimum atomic E-state index is -0.331. The SMILES string of the molecule is O=C(NCc1cccs1)[C@H]1CC(=O)N(c2ccc3c(c2)OCO3)C1. The molecule has 1 N–H and O–H groups in total. The third kappa shape index (κ3) is 2.82. The van der Waals surface area contributed by atoms with Crippen molar-refractivity contribution in [1.29, 1.82) is 0 Å². The van der Waals surface area contributed by atoms with Crippen molar-refractivity contribution in [3.05, 3.63) is 40.6 Å². The fraction of sp³-hybridized carbons (Fsp3) is 0.294. The highest BCUT2D eigenvalue weighted by atomic mass is 32.1. The number of nitrogens with one attached hydrogen (secondary N) is 1. The molecule has 0 unspecified atom stereocenters. The Bertz CT molecular complexity index is 775. The van der Waals surface area contributed by atoms with Crippen LogP contribution in [-0.4, -0.2) is 25.2 Å². The molecule has 0 aliphatic carbocycles. The summed E-state index contributed by atoms with van der Waals surface area (Å²) in [5, 5.41) is 4.88. The molecule has 0 radical (unpaired) electrons. The van der Waals surface area contributed by atoms with E-state index in [0.29, 0.717) is 24.6 Å². The summed E-state index contributed by atoms with van der Waals surface area (Å²) in [6.45, 7) is 1.08. The van der Waals surface area contributed by atoms with Gasteiger partial charge in [0, 0.05) is 29.6 Å². The molecule has 3 heterocycles. The van der Waals surface area contributed by atoms with E-state index in [1.807, 2.05) is 23.6 Å². The smallest absolute Gasteiger partial charge is 0.231 e. The molecule has 1 atom stereocenters. The van der Waals surface area contributed by atoms with E-state index >= 15 is 0 Å². The van der Waals surface area contributed by atoms with Gasteiger partial charge < -0.3 is 19.7 Å². The van der Waals surface area contributed by atoms with Crippen LogP contribution in [0.4, 0.5) is 5.69 Å². The molecule has 1 saturated heterocycles. The van der Waals surface area contributed by atoms with Crippen LogP contribution in [0.2, 0.25) is 0 Å². The molecule has 0 saturated carbocycles. The van der Waals surface area contributed by atoms with Crippen LogP contribution in [0.5, 0.6) is 11.5 Å². The number of hydrogen-bond donors (Lipinski definition) is 1. The average molecular weight is 344 g/mol. The summed E-state index contributed by atoms with van der Waals surface area (Å²) in [5.74, 6) is 0.842. The lowest BCUT2D eigenvalue weighted by Crippen LogP contribution is -2.32. The highest BCUT2D eigenvalue weighted by Crippen LogP contribution is 2.37. The number of hydrogen-bond acceptors (Lipinski definition) is 5. The first kappa shape index (κ1) is 15.0. The van der Waals surface area contributed by atoms with Crippen molar-refractivity contribution in [2.75, 3.05) is 18.2 Å². The highest BCUT2D eigenvalue weighted by Gasteiger charge is 2.35. The minimum Gasteiger partial charge on any atom is -0.454 e. The van der Waals surface area contributed by atoms with E-state index in [2.05, 4.69) is 5.32 Å². The van der Waals surface area contributed by atoms with Gasteiger partial charge in [0.15, 0.2) is 11.5 Å². The largest absolute Gasteiger partial charge is 0.454 e. The zero-order valence-corrected chi connectivity index (χ0v) is 13.7. The zero-order valence-electron chi connectivity index (χ0n) is 12.9. The van der Waals surface area contributed by atoms with Crippen LogP contribution < -0.4 is 19.7 Å². The number of carbonyl (C=O) groups is 2. The summed E-state index contributed by atoms with van der Waals surface area (Å²) in [7, 11) is 0. The van der Waals surface area contributed by atoms with Gasteiger partial charge in [-0.1, -0.05) is 6.07 Å². The highest BCUT2D eigenvalue weighted by molar-refractivity contribution is 7.09. The van der Waals surface area contributed by atoms with Gasteiger partial charge in [0.1, 0.15) is 0 Å². The number of rotatable bonds is 4. The molecule has 7 heteroatoms. The molecule has 2 aliphatic rings. The molecule has 124 valence electrons. The Kier molecular flexibility index (Phi) is 3.86. The van der Waals surface area contributed by atoms with Crippen LogP contribution in [-0.2, 0) is 16.1 Å². The topological polar surface area (TPSA) is 67.9 Å². The van der Waals surface area contributed by atoms with E-state index in [9.17, 15) is 9.59 Å². The van der Waals surface area contributed by atoms with Gasteiger partial charge in [-0.25, -0.2) is 0 Å².